The van der Waals surface area contributed by atoms with Gasteiger partial charge in [0, 0.05) is 29.1 Å². The van der Waals surface area contributed by atoms with Crippen LogP contribution in [0, 0.1) is 5.82 Å². The lowest BCUT2D eigenvalue weighted by molar-refractivity contribution is 0.377. The highest BCUT2D eigenvalue weighted by molar-refractivity contribution is 6.30. The molecule has 3 heterocycles. The summed E-state index contributed by atoms with van der Waals surface area (Å²) in [7, 11) is 0. The second-order valence-electron chi connectivity index (χ2n) is 7.64. The Morgan fingerprint density at radius 3 is 2.47 bits per heavy atom. The van der Waals surface area contributed by atoms with Crippen molar-refractivity contribution in [2.45, 2.75) is 50.6 Å². The van der Waals surface area contributed by atoms with Crippen LogP contribution in [0.1, 0.15) is 60.4 Å². The predicted molar refractivity (Wildman–Crippen MR) is 120 cm³/mol. The fourth-order valence-corrected chi connectivity index (χ4v) is 4.67. The Bertz CT molecular complexity index is 1000. The van der Waals surface area contributed by atoms with Crippen molar-refractivity contribution in [3.05, 3.63) is 70.3 Å². The molecule has 0 radical (unpaired) electrons. The van der Waals surface area contributed by atoms with Crippen molar-refractivity contribution in [3.63, 3.8) is 0 Å². The van der Waals surface area contributed by atoms with Gasteiger partial charge in [-0.25, -0.2) is 4.39 Å². The minimum atomic E-state index is -0.282. The molecule has 0 unspecified atom stereocenters. The molecular weight excluding hydrogens is 448 g/mol. The molecule has 0 saturated heterocycles. The monoisotopic (exact) mass is 469 g/mol. The molecule has 2 aliphatic rings. The number of nitrogens with one attached hydrogen (secondary N) is 1. The Morgan fingerprint density at radius 2 is 1.73 bits per heavy atom. The number of pyridine rings is 1. The average Bonchev–Trinajstić information content (AvgIpc) is 3.04. The Hall–Kier alpha value is -1.73. The quantitative estimate of drug-likeness (QED) is 0.549. The summed E-state index contributed by atoms with van der Waals surface area (Å²) in [6.07, 6.45) is 5.42. The van der Waals surface area contributed by atoms with Gasteiger partial charge in [0.05, 0.1) is 18.4 Å². The second-order valence-corrected chi connectivity index (χ2v) is 8.07. The van der Waals surface area contributed by atoms with Gasteiger partial charge in [0.25, 0.3) is 0 Å². The molecule has 0 spiro atoms. The van der Waals surface area contributed by atoms with Crippen LogP contribution in [-0.4, -0.2) is 19.7 Å². The van der Waals surface area contributed by atoms with Crippen LogP contribution in [0.5, 0.6) is 0 Å². The maximum atomic E-state index is 13.1. The van der Waals surface area contributed by atoms with Gasteiger partial charge in [-0.05, 0) is 61.6 Å². The van der Waals surface area contributed by atoms with E-state index in [0.29, 0.717) is 18.4 Å². The smallest absolute Gasteiger partial charge is 0.151 e. The van der Waals surface area contributed by atoms with Crippen LogP contribution in [0.3, 0.4) is 0 Å². The molecule has 1 saturated carbocycles. The zero-order valence-electron chi connectivity index (χ0n) is 16.2. The number of benzene rings is 1. The number of hydrogen-bond acceptors (Lipinski definition) is 4. The topological polar surface area (TPSA) is 55.6 Å². The van der Waals surface area contributed by atoms with Crippen molar-refractivity contribution < 1.29 is 4.39 Å². The van der Waals surface area contributed by atoms with Crippen molar-refractivity contribution in [2.75, 3.05) is 0 Å². The van der Waals surface area contributed by atoms with Crippen molar-refractivity contribution in [3.8, 4) is 5.69 Å². The highest BCUT2D eigenvalue weighted by atomic mass is 35.5. The number of halogens is 4. The first kappa shape index (κ1) is 22.9. The van der Waals surface area contributed by atoms with E-state index in [1.165, 1.54) is 12.3 Å². The fourth-order valence-electron chi connectivity index (χ4n) is 4.47. The lowest BCUT2D eigenvalue weighted by Crippen LogP contribution is -2.17. The Kier molecular flexibility index (Phi) is 7.34. The molecule has 1 fully saturated rings. The number of fused-ring (bicyclic) bond motifs is 3. The summed E-state index contributed by atoms with van der Waals surface area (Å²) in [6.45, 7) is 1.45. The zero-order chi connectivity index (χ0) is 19.1. The van der Waals surface area contributed by atoms with Gasteiger partial charge >= 0.3 is 0 Å². The predicted octanol–water partition coefficient (Wildman–Crippen LogP) is 5.34. The maximum absolute atomic E-state index is 13.1. The Balaban J connectivity index is 0.00000128. The minimum Gasteiger partial charge on any atom is -0.306 e. The lowest BCUT2D eigenvalue weighted by Gasteiger charge is -2.28. The van der Waals surface area contributed by atoms with Gasteiger partial charge in [-0.15, -0.1) is 35.0 Å². The van der Waals surface area contributed by atoms with Gasteiger partial charge in [0.1, 0.15) is 11.6 Å². The molecule has 5 rings (SSSR count). The van der Waals surface area contributed by atoms with E-state index in [0.717, 1.165) is 65.8 Å². The SMILES string of the molecule is Cl.Cl.Fc1ccc([C@H]2CC[C@H](c3nnc4n3-c3ccc(Cl)cc3CNC4)CC2)nc1. The second kappa shape index (κ2) is 9.60. The molecule has 9 heteroatoms. The minimum absolute atomic E-state index is 0. The number of hydrogen-bond donors (Lipinski definition) is 1. The average molecular weight is 471 g/mol. The normalized spacial score (nSPS) is 20.2. The van der Waals surface area contributed by atoms with Gasteiger partial charge in [0.2, 0.25) is 0 Å². The van der Waals surface area contributed by atoms with Gasteiger partial charge in [0.15, 0.2) is 5.82 Å². The molecule has 0 bridgehead atoms. The molecule has 160 valence electrons. The van der Waals surface area contributed by atoms with Crippen molar-refractivity contribution in [1.29, 1.82) is 0 Å². The molecular formula is C21H23Cl3FN5. The standard InChI is InChI=1S/C21H21ClFN5.2ClH/c22-16-5-8-19-15(9-16)10-24-12-20-26-27-21(28(19)20)14-3-1-13(2-4-14)18-7-6-17(23)11-25-18;;/h5-9,11,13-14,24H,1-4,10,12H2;2*1H/t13-,14-;;. The third-order valence-corrected chi connectivity index (χ3v) is 6.13. The number of rotatable bonds is 2. The van der Waals surface area contributed by atoms with Gasteiger partial charge in [-0.1, -0.05) is 11.6 Å². The van der Waals surface area contributed by atoms with E-state index in [9.17, 15) is 4.39 Å². The molecule has 0 amide bonds. The first-order valence-corrected chi connectivity index (χ1v) is 10.1. The Labute approximate surface area is 192 Å². The third kappa shape index (κ3) is 4.33. The molecule has 3 aromatic rings. The van der Waals surface area contributed by atoms with Crippen LogP contribution in [-0.2, 0) is 13.1 Å². The molecule has 0 atom stereocenters. The Morgan fingerprint density at radius 1 is 0.967 bits per heavy atom. The molecule has 2 aromatic heterocycles. The molecule has 30 heavy (non-hydrogen) atoms. The largest absolute Gasteiger partial charge is 0.306 e. The zero-order valence-corrected chi connectivity index (χ0v) is 18.6. The maximum Gasteiger partial charge on any atom is 0.151 e. The van der Waals surface area contributed by atoms with Crippen molar-refractivity contribution in [2.24, 2.45) is 0 Å². The van der Waals surface area contributed by atoms with Gasteiger partial charge < -0.3 is 5.32 Å². The van der Waals surface area contributed by atoms with E-state index in [-0.39, 0.29) is 30.6 Å². The van der Waals surface area contributed by atoms with Crippen LogP contribution in [0.4, 0.5) is 4.39 Å². The lowest BCUT2D eigenvalue weighted by atomic mass is 9.80. The van der Waals surface area contributed by atoms with E-state index in [4.69, 9.17) is 11.6 Å². The van der Waals surface area contributed by atoms with E-state index in [2.05, 4.69) is 31.1 Å². The summed E-state index contributed by atoms with van der Waals surface area (Å²) in [5, 5.41) is 13.2. The van der Waals surface area contributed by atoms with E-state index < -0.39 is 0 Å². The molecule has 1 aliphatic heterocycles. The third-order valence-electron chi connectivity index (χ3n) is 5.90. The fraction of sp³-hybridized carbons (Fsp3) is 0.381. The summed E-state index contributed by atoms with van der Waals surface area (Å²) < 4.78 is 15.4. The van der Waals surface area contributed by atoms with Crippen LogP contribution in [0.2, 0.25) is 5.02 Å². The van der Waals surface area contributed by atoms with Crippen molar-refractivity contribution >= 4 is 36.4 Å². The van der Waals surface area contributed by atoms with Crippen LogP contribution in [0.25, 0.3) is 5.69 Å². The first-order chi connectivity index (χ1) is 13.7. The molecule has 1 N–H and O–H groups in total. The summed E-state index contributed by atoms with van der Waals surface area (Å²) in [5.74, 6) is 2.44. The van der Waals surface area contributed by atoms with Crippen LogP contribution in [0.15, 0.2) is 36.5 Å². The number of aromatic nitrogens is 4. The van der Waals surface area contributed by atoms with Crippen LogP contribution >= 0.6 is 36.4 Å². The summed E-state index contributed by atoms with van der Waals surface area (Å²) >= 11 is 6.21. The van der Waals surface area contributed by atoms with E-state index in [1.54, 1.807) is 0 Å². The highest BCUT2D eigenvalue weighted by Crippen LogP contribution is 2.40. The van der Waals surface area contributed by atoms with E-state index in [1.807, 2.05) is 18.2 Å². The van der Waals surface area contributed by atoms with Crippen molar-refractivity contribution in [1.82, 2.24) is 25.1 Å². The molecule has 1 aromatic carbocycles. The highest BCUT2D eigenvalue weighted by Gasteiger charge is 2.30. The summed E-state index contributed by atoms with van der Waals surface area (Å²) in [5.41, 5.74) is 3.27. The molecule has 5 nitrogen and oxygen atoms in total. The van der Waals surface area contributed by atoms with E-state index >= 15 is 0 Å². The first-order valence-electron chi connectivity index (χ1n) is 9.74. The molecule has 1 aliphatic carbocycles. The van der Waals surface area contributed by atoms with Crippen LogP contribution < -0.4 is 5.32 Å². The van der Waals surface area contributed by atoms with Gasteiger partial charge in [-0.3, -0.25) is 9.55 Å². The van der Waals surface area contributed by atoms with Gasteiger partial charge in [-0.2, -0.15) is 0 Å². The summed E-state index contributed by atoms with van der Waals surface area (Å²) in [4.78, 5) is 4.28. The summed E-state index contributed by atoms with van der Waals surface area (Å²) in [6, 6.07) is 9.32. The number of nitrogens with zero attached hydrogens (tertiary/aromatic N) is 4.